The average Bonchev–Trinajstić information content (AvgIpc) is 3.87. The molecule has 296 valence electrons. The van der Waals surface area contributed by atoms with Gasteiger partial charge in [0.1, 0.15) is 0 Å². The van der Waals surface area contributed by atoms with Gasteiger partial charge in [-0.2, -0.15) is 0 Å². The first kappa shape index (κ1) is 36.8. The molecule has 2 aromatic heterocycles. The van der Waals surface area contributed by atoms with Crippen LogP contribution in [0.25, 0.3) is 77.2 Å². The van der Waals surface area contributed by atoms with Gasteiger partial charge in [0.2, 0.25) is 0 Å². The normalized spacial score (nSPS) is 11.8. The average molecular weight is 819 g/mol. The molecule has 0 saturated heterocycles. The van der Waals surface area contributed by atoms with E-state index in [0.29, 0.717) is 0 Å². The smallest absolute Gasteiger partial charge is 0.179 e. The zero-order valence-electron chi connectivity index (χ0n) is 34.6. The maximum absolute atomic E-state index is 2.78. The van der Waals surface area contributed by atoms with Crippen LogP contribution in [0.1, 0.15) is 0 Å². The Balaban J connectivity index is 1.13. The van der Waals surface area contributed by atoms with Crippen molar-refractivity contribution in [2.45, 2.75) is 0 Å². The van der Waals surface area contributed by atoms with Crippen molar-refractivity contribution in [1.82, 2.24) is 9.13 Å². The number of hydrogen-bond acceptors (Lipinski definition) is 0. The molecule has 0 unspecified atom stereocenters. The third-order valence-electron chi connectivity index (χ3n) is 13.1. The minimum Gasteiger partial charge on any atom is -0.309 e. The number of para-hydroxylation sites is 1. The lowest BCUT2D eigenvalue weighted by Gasteiger charge is -2.34. The van der Waals surface area contributed by atoms with E-state index in [1.807, 2.05) is 0 Å². The fraction of sp³-hybridized carbons (Fsp3) is 0. The maximum Gasteiger partial charge on any atom is 0.179 e. The zero-order chi connectivity index (χ0) is 41.7. The van der Waals surface area contributed by atoms with E-state index in [2.05, 4.69) is 264 Å². The minimum absolute atomic E-state index is 1.13. The van der Waals surface area contributed by atoms with Crippen molar-refractivity contribution in [2.75, 3.05) is 0 Å². The molecule has 0 bridgehead atoms. The Morgan fingerprint density at radius 3 is 1.25 bits per heavy atom. The van der Waals surface area contributed by atoms with Crippen molar-refractivity contribution in [2.24, 2.45) is 0 Å². The molecule has 0 fully saturated rings. The van der Waals surface area contributed by atoms with Gasteiger partial charge in [-0.3, -0.25) is 0 Å². The van der Waals surface area contributed by atoms with Crippen molar-refractivity contribution >= 4 is 72.4 Å². The summed E-state index contributed by atoms with van der Waals surface area (Å²) >= 11 is 0. The van der Waals surface area contributed by atoms with E-state index in [1.165, 1.54) is 86.6 Å². The van der Waals surface area contributed by atoms with E-state index in [9.17, 15) is 0 Å². The molecule has 0 aliphatic heterocycles. The Bertz CT molecular complexity index is 3480. The molecule has 2 heterocycles. The summed E-state index contributed by atoms with van der Waals surface area (Å²) in [5.41, 5.74) is 11.8. The molecule has 2 nitrogen and oxygen atoms in total. The highest BCUT2D eigenvalue weighted by Gasteiger charge is 2.41. The van der Waals surface area contributed by atoms with Crippen LogP contribution in [0.15, 0.2) is 255 Å². The quantitative estimate of drug-likeness (QED) is 0.107. The zero-order valence-corrected chi connectivity index (χ0v) is 35.6. The van der Waals surface area contributed by atoms with Gasteiger partial charge in [-0.25, -0.2) is 0 Å². The molecule has 0 radical (unpaired) electrons. The third kappa shape index (κ3) is 6.00. The summed E-state index contributed by atoms with van der Waals surface area (Å²) in [6.45, 7) is 0. The molecule has 0 aliphatic carbocycles. The van der Waals surface area contributed by atoms with Crippen LogP contribution in [0, 0.1) is 0 Å². The van der Waals surface area contributed by atoms with Crippen LogP contribution in [0.2, 0.25) is 0 Å². The summed E-state index contributed by atoms with van der Waals surface area (Å²) in [7, 11) is -2.78. The molecule has 0 N–H and O–H groups in total. The van der Waals surface area contributed by atoms with Crippen LogP contribution in [0.5, 0.6) is 0 Å². The standard InChI is InChI=1S/C60H42N2Si/c1-6-18-43(19-7-1)45-30-33-47(34-31-45)61-57-29-17-16-28-53(57)54-38-35-48(41-60(54)61)62-58-39-36-52(42-56(58)55-37-32-46(40-59(55)62)44-20-8-2-9-21-44)63(49-22-10-3-11-23-49,50-24-12-4-13-25-50)51-26-14-5-15-27-51/h1-42H. The number of fused-ring (bicyclic) bond motifs is 6. The highest BCUT2D eigenvalue weighted by molar-refractivity contribution is 7.20. The Morgan fingerprint density at radius 1 is 0.222 bits per heavy atom. The van der Waals surface area contributed by atoms with Crippen LogP contribution >= 0.6 is 0 Å². The second-order valence-corrected chi connectivity index (χ2v) is 20.3. The fourth-order valence-corrected chi connectivity index (χ4v) is 15.0. The highest BCUT2D eigenvalue weighted by atomic mass is 28.3. The first-order chi connectivity index (χ1) is 31.3. The van der Waals surface area contributed by atoms with Crippen LogP contribution in [-0.2, 0) is 0 Å². The molecule has 3 heteroatoms. The molecule has 63 heavy (non-hydrogen) atoms. The van der Waals surface area contributed by atoms with Gasteiger partial charge in [-0.15, -0.1) is 0 Å². The molecule has 12 aromatic rings. The molecule has 0 spiro atoms. The Hall–Kier alpha value is -7.98. The lowest BCUT2D eigenvalue weighted by atomic mass is 10.0. The number of rotatable bonds is 8. The van der Waals surface area contributed by atoms with Gasteiger partial charge >= 0.3 is 0 Å². The van der Waals surface area contributed by atoms with Crippen molar-refractivity contribution in [3.05, 3.63) is 255 Å². The topological polar surface area (TPSA) is 9.86 Å². The molecule has 12 rings (SSSR count). The van der Waals surface area contributed by atoms with Crippen LogP contribution in [0.4, 0.5) is 0 Å². The maximum atomic E-state index is 2.53. The summed E-state index contributed by atoms with van der Waals surface area (Å²) < 4.78 is 4.93. The van der Waals surface area contributed by atoms with E-state index < -0.39 is 8.07 Å². The molecule has 0 amide bonds. The summed E-state index contributed by atoms with van der Waals surface area (Å²) in [4.78, 5) is 0. The lowest BCUT2D eigenvalue weighted by molar-refractivity contribution is 1.15. The summed E-state index contributed by atoms with van der Waals surface area (Å²) in [6, 6.07) is 94.3. The summed E-state index contributed by atoms with van der Waals surface area (Å²) in [5.74, 6) is 0. The van der Waals surface area contributed by atoms with Gasteiger partial charge in [0, 0.05) is 32.9 Å². The second kappa shape index (κ2) is 15.2. The van der Waals surface area contributed by atoms with E-state index in [-0.39, 0.29) is 0 Å². The SMILES string of the molecule is c1ccc(-c2ccc(-n3c4ccccc4c4ccc(-n5c6ccc([Si](c7ccccc7)(c7ccccc7)c7ccccc7)cc6c6ccc(-c7ccccc7)cc65)cc43)cc2)cc1. The van der Waals surface area contributed by atoms with E-state index >= 15 is 0 Å². The molecule has 0 aliphatic rings. The van der Waals surface area contributed by atoms with Crippen molar-refractivity contribution in [1.29, 1.82) is 0 Å². The van der Waals surface area contributed by atoms with Gasteiger partial charge in [0.15, 0.2) is 8.07 Å². The van der Waals surface area contributed by atoms with Crippen LogP contribution < -0.4 is 20.7 Å². The first-order valence-electron chi connectivity index (χ1n) is 21.8. The summed E-state index contributed by atoms with van der Waals surface area (Å²) in [5, 5.41) is 10.4. The number of nitrogens with zero attached hydrogens (tertiary/aromatic N) is 2. The molecule has 10 aromatic carbocycles. The molecule has 0 saturated carbocycles. The van der Waals surface area contributed by atoms with Gasteiger partial charge in [0.25, 0.3) is 0 Å². The largest absolute Gasteiger partial charge is 0.309 e. The van der Waals surface area contributed by atoms with Gasteiger partial charge in [-0.05, 0) is 85.5 Å². The highest BCUT2D eigenvalue weighted by Crippen LogP contribution is 2.38. The van der Waals surface area contributed by atoms with E-state index in [0.717, 1.165) is 11.4 Å². The minimum atomic E-state index is -2.78. The van der Waals surface area contributed by atoms with Gasteiger partial charge < -0.3 is 9.13 Å². The van der Waals surface area contributed by atoms with E-state index in [4.69, 9.17) is 0 Å². The number of hydrogen-bond donors (Lipinski definition) is 0. The van der Waals surface area contributed by atoms with Gasteiger partial charge in [0.05, 0.1) is 22.1 Å². The Labute approximate surface area is 368 Å². The second-order valence-electron chi connectivity index (χ2n) is 16.5. The van der Waals surface area contributed by atoms with Crippen molar-refractivity contribution in [3.63, 3.8) is 0 Å². The Kier molecular flexibility index (Phi) is 8.87. The molecular formula is C60H42N2Si. The third-order valence-corrected chi connectivity index (χ3v) is 17.9. The summed E-state index contributed by atoms with van der Waals surface area (Å²) in [6.07, 6.45) is 0. The molecule has 0 atom stereocenters. The van der Waals surface area contributed by atoms with Crippen LogP contribution in [0.3, 0.4) is 0 Å². The fourth-order valence-electron chi connectivity index (χ4n) is 10.2. The number of aromatic nitrogens is 2. The first-order valence-corrected chi connectivity index (χ1v) is 23.8. The number of benzene rings is 10. The van der Waals surface area contributed by atoms with E-state index in [1.54, 1.807) is 0 Å². The van der Waals surface area contributed by atoms with Crippen molar-refractivity contribution < 1.29 is 0 Å². The Morgan fingerprint density at radius 2 is 0.635 bits per heavy atom. The monoisotopic (exact) mass is 818 g/mol. The predicted molar refractivity (Wildman–Crippen MR) is 270 cm³/mol. The van der Waals surface area contributed by atoms with Crippen molar-refractivity contribution in [3.8, 4) is 33.6 Å². The van der Waals surface area contributed by atoms with Gasteiger partial charge in [-0.1, -0.05) is 212 Å². The van der Waals surface area contributed by atoms with Crippen LogP contribution in [-0.4, -0.2) is 17.2 Å². The predicted octanol–water partition coefficient (Wildman–Crippen LogP) is 12.6. The molecular weight excluding hydrogens is 777 g/mol. The lowest BCUT2D eigenvalue weighted by Crippen LogP contribution is -2.74.